The molecule has 0 spiro atoms. The second-order valence-corrected chi connectivity index (χ2v) is 9.95. The fraction of sp³-hybridized carbons (Fsp3) is 0.400. The molecule has 1 amide bonds. The van der Waals surface area contributed by atoms with Crippen molar-refractivity contribution in [3.8, 4) is 5.75 Å². The summed E-state index contributed by atoms with van der Waals surface area (Å²) in [5.74, 6) is 0.211. The van der Waals surface area contributed by atoms with E-state index in [1.54, 1.807) is 31.2 Å². The third-order valence-electron chi connectivity index (χ3n) is 5.63. The molecular weight excluding hydrogens is 505 g/mol. The summed E-state index contributed by atoms with van der Waals surface area (Å²) in [6.45, 7) is 8.68. The first-order chi connectivity index (χ1) is 17.3. The zero-order valence-corrected chi connectivity index (χ0v) is 22.0. The van der Waals surface area contributed by atoms with Crippen molar-refractivity contribution in [1.29, 1.82) is 0 Å². The van der Waals surface area contributed by atoms with Crippen LogP contribution in [0.5, 0.6) is 5.75 Å². The highest BCUT2D eigenvalue weighted by atomic mass is 35.5. The van der Waals surface area contributed by atoms with Crippen molar-refractivity contribution >= 4 is 40.6 Å². The smallest absolute Gasteiger partial charge is 0.234 e. The number of rotatable bonds is 9. The molecule has 1 atom stereocenters. The van der Waals surface area contributed by atoms with Crippen LogP contribution in [0.4, 0.5) is 15.8 Å². The second-order valence-electron chi connectivity index (χ2n) is 8.60. The average molecular weight is 534 g/mol. The van der Waals surface area contributed by atoms with E-state index in [-0.39, 0.29) is 23.5 Å². The number of amides is 1. The number of nitrogens with zero attached hydrogens (tertiary/aromatic N) is 4. The zero-order valence-electron chi connectivity index (χ0n) is 20.4. The maximum Gasteiger partial charge on any atom is 0.234 e. The monoisotopic (exact) mass is 533 g/mol. The Labute approximate surface area is 219 Å². The highest BCUT2D eigenvalue weighted by molar-refractivity contribution is 7.99. The number of benzene rings is 2. The Kier molecular flexibility index (Phi) is 8.71. The largest absolute Gasteiger partial charge is 0.480 e. The number of carbonyl (C=O) groups excluding carboxylic acids is 1. The Hall–Kier alpha value is -2.82. The number of ether oxygens (including phenoxy) is 2. The third-order valence-corrected chi connectivity index (χ3v) is 6.87. The van der Waals surface area contributed by atoms with Crippen molar-refractivity contribution in [1.82, 2.24) is 14.8 Å². The molecular formula is C25H29ClFN5O3S. The minimum atomic E-state index is -0.535. The number of hydrogen-bond acceptors (Lipinski definition) is 7. The summed E-state index contributed by atoms with van der Waals surface area (Å²) < 4.78 is 27.1. The molecule has 1 aliphatic rings. The molecule has 0 bridgehead atoms. The highest BCUT2D eigenvalue weighted by Gasteiger charge is 2.23. The Bertz CT molecular complexity index is 1200. The van der Waals surface area contributed by atoms with Crippen LogP contribution in [0.1, 0.15) is 38.7 Å². The predicted molar refractivity (Wildman–Crippen MR) is 140 cm³/mol. The van der Waals surface area contributed by atoms with E-state index in [2.05, 4.69) is 20.4 Å². The molecule has 1 N–H and O–H groups in total. The molecule has 36 heavy (non-hydrogen) atoms. The quantitative estimate of drug-likeness (QED) is 0.371. The molecule has 1 aromatic heterocycles. The number of aromatic nitrogens is 3. The standard InChI is InChI=1S/C25H29ClFN5O3S/c1-16(2)32-24(17(3)35-22-7-5-4-6-20(22)27)29-30-25(32)36-15-23(33)28-18-8-9-21(19(26)14-18)31-10-12-34-13-11-31/h4-9,14,16-17H,10-13,15H2,1-3H3,(H,28,33). The zero-order chi connectivity index (χ0) is 25.7. The molecule has 11 heteroatoms. The Balaban J connectivity index is 1.38. The van der Waals surface area contributed by atoms with E-state index < -0.39 is 11.9 Å². The molecule has 4 rings (SSSR count). The predicted octanol–water partition coefficient (Wildman–Crippen LogP) is 5.36. The summed E-state index contributed by atoms with van der Waals surface area (Å²) >= 11 is 7.75. The summed E-state index contributed by atoms with van der Waals surface area (Å²) in [7, 11) is 0. The fourth-order valence-electron chi connectivity index (χ4n) is 3.91. The van der Waals surface area contributed by atoms with Gasteiger partial charge in [-0.3, -0.25) is 4.79 Å². The van der Waals surface area contributed by atoms with Gasteiger partial charge < -0.3 is 24.3 Å². The molecule has 3 aromatic rings. The SMILES string of the molecule is CC(Oc1ccccc1F)c1nnc(SCC(=O)Nc2ccc(N3CCOCC3)c(Cl)c2)n1C(C)C. The minimum Gasteiger partial charge on any atom is -0.480 e. The number of halogens is 2. The van der Waals surface area contributed by atoms with Gasteiger partial charge in [0.15, 0.2) is 28.7 Å². The van der Waals surface area contributed by atoms with Gasteiger partial charge in [-0.15, -0.1) is 10.2 Å². The van der Waals surface area contributed by atoms with E-state index in [0.717, 1.165) is 18.8 Å². The van der Waals surface area contributed by atoms with Crippen LogP contribution >= 0.6 is 23.4 Å². The lowest BCUT2D eigenvalue weighted by atomic mass is 10.2. The molecule has 1 saturated heterocycles. The van der Waals surface area contributed by atoms with Crippen LogP contribution in [0, 0.1) is 5.82 Å². The molecule has 1 aliphatic heterocycles. The average Bonchev–Trinajstić information content (AvgIpc) is 3.29. The summed E-state index contributed by atoms with van der Waals surface area (Å²) in [5, 5.41) is 12.6. The van der Waals surface area contributed by atoms with Crippen molar-refractivity contribution < 1.29 is 18.7 Å². The van der Waals surface area contributed by atoms with Crippen LogP contribution in [0.3, 0.4) is 0 Å². The van der Waals surface area contributed by atoms with Crippen LogP contribution in [-0.4, -0.2) is 52.7 Å². The highest BCUT2D eigenvalue weighted by Crippen LogP contribution is 2.31. The molecule has 1 unspecified atom stereocenters. The van der Waals surface area contributed by atoms with Gasteiger partial charge >= 0.3 is 0 Å². The molecule has 2 heterocycles. The number of carbonyl (C=O) groups is 1. The van der Waals surface area contributed by atoms with E-state index in [1.165, 1.54) is 17.8 Å². The van der Waals surface area contributed by atoms with E-state index in [9.17, 15) is 9.18 Å². The topological polar surface area (TPSA) is 81.5 Å². The number of thioether (sulfide) groups is 1. The Morgan fingerprint density at radius 3 is 2.64 bits per heavy atom. The van der Waals surface area contributed by atoms with Gasteiger partial charge in [-0.1, -0.05) is 35.5 Å². The molecule has 192 valence electrons. The van der Waals surface area contributed by atoms with Gasteiger partial charge in [0.2, 0.25) is 5.91 Å². The van der Waals surface area contributed by atoms with Gasteiger partial charge in [0.25, 0.3) is 0 Å². The van der Waals surface area contributed by atoms with Gasteiger partial charge in [-0.05, 0) is 51.1 Å². The van der Waals surface area contributed by atoms with E-state index in [1.807, 2.05) is 30.5 Å². The van der Waals surface area contributed by atoms with Gasteiger partial charge in [-0.25, -0.2) is 4.39 Å². The summed E-state index contributed by atoms with van der Waals surface area (Å²) in [5.41, 5.74) is 1.55. The summed E-state index contributed by atoms with van der Waals surface area (Å²) in [4.78, 5) is 14.8. The number of morpholine rings is 1. The third kappa shape index (κ3) is 6.29. The van der Waals surface area contributed by atoms with Crippen LogP contribution in [0.25, 0.3) is 0 Å². The van der Waals surface area contributed by atoms with Crippen LogP contribution < -0.4 is 15.0 Å². The van der Waals surface area contributed by atoms with Gasteiger partial charge in [-0.2, -0.15) is 0 Å². The number of para-hydroxylation sites is 1. The van der Waals surface area contributed by atoms with E-state index >= 15 is 0 Å². The lowest BCUT2D eigenvalue weighted by Gasteiger charge is -2.29. The number of nitrogens with one attached hydrogen (secondary N) is 1. The normalized spacial score (nSPS) is 14.7. The molecule has 0 aliphatic carbocycles. The van der Waals surface area contributed by atoms with Crippen molar-refractivity contribution in [2.75, 3.05) is 42.3 Å². The first-order valence-electron chi connectivity index (χ1n) is 11.7. The molecule has 2 aromatic carbocycles. The molecule has 0 saturated carbocycles. The van der Waals surface area contributed by atoms with Crippen molar-refractivity contribution in [3.63, 3.8) is 0 Å². The van der Waals surface area contributed by atoms with Gasteiger partial charge in [0.05, 0.1) is 29.7 Å². The number of hydrogen-bond donors (Lipinski definition) is 1. The lowest BCUT2D eigenvalue weighted by Crippen LogP contribution is -2.36. The molecule has 0 radical (unpaired) electrons. The van der Waals surface area contributed by atoms with Crippen LogP contribution in [0.15, 0.2) is 47.6 Å². The summed E-state index contributed by atoms with van der Waals surface area (Å²) in [6.07, 6.45) is -0.535. The van der Waals surface area contributed by atoms with Gasteiger partial charge in [0.1, 0.15) is 0 Å². The number of anilines is 2. The minimum absolute atomic E-state index is 0.0127. The lowest BCUT2D eigenvalue weighted by molar-refractivity contribution is -0.113. The van der Waals surface area contributed by atoms with Gasteiger partial charge in [0, 0.05) is 24.8 Å². The Morgan fingerprint density at radius 1 is 1.19 bits per heavy atom. The van der Waals surface area contributed by atoms with Crippen molar-refractivity contribution in [2.45, 2.75) is 38.1 Å². The fourth-order valence-corrected chi connectivity index (χ4v) is 5.08. The van der Waals surface area contributed by atoms with Crippen molar-refractivity contribution in [2.24, 2.45) is 0 Å². The summed E-state index contributed by atoms with van der Waals surface area (Å²) in [6, 6.07) is 11.8. The first-order valence-corrected chi connectivity index (χ1v) is 13.1. The van der Waals surface area contributed by atoms with Crippen molar-refractivity contribution in [3.05, 3.63) is 59.1 Å². The van der Waals surface area contributed by atoms with Crippen LogP contribution in [-0.2, 0) is 9.53 Å². The second kappa shape index (κ2) is 11.9. The molecule has 8 nitrogen and oxygen atoms in total. The molecule has 1 fully saturated rings. The van der Waals surface area contributed by atoms with E-state index in [4.69, 9.17) is 21.1 Å². The van der Waals surface area contributed by atoms with E-state index in [0.29, 0.717) is 34.9 Å². The first kappa shape index (κ1) is 26.2. The maximum absolute atomic E-state index is 14.0. The van der Waals surface area contributed by atoms with Crippen LogP contribution in [0.2, 0.25) is 5.02 Å². The maximum atomic E-state index is 14.0. The Morgan fingerprint density at radius 2 is 1.94 bits per heavy atom.